The molecule has 3 heterocycles. The molecule has 162 valence electrons. The maximum atomic E-state index is 12.7. The van der Waals surface area contributed by atoms with E-state index in [4.69, 9.17) is 9.72 Å². The number of aryl methyl sites for hydroxylation is 2. The molecule has 1 aliphatic heterocycles. The summed E-state index contributed by atoms with van der Waals surface area (Å²) in [6.07, 6.45) is 3.50. The molecular weight excluding hydrogens is 388 g/mol. The van der Waals surface area contributed by atoms with Gasteiger partial charge < -0.3 is 19.5 Å². The first-order valence-corrected chi connectivity index (χ1v) is 10.8. The number of carbonyl (C=O) groups excluding carboxylic acids is 1. The molecule has 1 amide bonds. The average Bonchev–Trinajstić information content (AvgIpc) is 3.15. The van der Waals surface area contributed by atoms with Crippen LogP contribution in [0, 0.1) is 19.8 Å². The van der Waals surface area contributed by atoms with E-state index in [0.29, 0.717) is 6.54 Å². The maximum Gasteiger partial charge on any atom is 0.223 e. The highest BCUT2D eigenvalue weighted by Crippen LogP contribution is 2.29. The van der Waals surface area contributed by atoms with E-state index in [1.165, 1.54) is 11.4 Å². The number of pyridine rings is 1. The van der Waals surface area contributed by atoms with E-state index in [1.54, 1.807) is 7.11 Å². The summed E-state index contributed by atoms with van der Waals surface area (Å²) in [5, 5.41) is 3.09. The highest BCUT2D eigenvalue weighted by Gasteiger charge is 2.27. The van der Waals surface area contributed by atoms with Crippen molar-refractivity contribution in [3.63, 3.8) is 0 Å². The minimum atomic E-state index is 0.0386. The first kappa shape index (κ1) is 21.0. The molecule has 1 N–H and O–H groups in total. The van der Waals surface area contributed by atoms with Crippen LogP contribution in [0.25, 0.3) is 5.69 Å². The molecule has 1 aromatic carbocycles. The number of carbonyl (C=O) groups is 1. The zero-order valence-electron chi connectivity index (χ0n) is 18.5. The number of hydrogen-bond donors (Lipinski definition) is 1. The molecular formula is C25H30N4O2. The second kappa shape index (κ2) is 9.25. The Labute approximate surface area is 183 Å². The fourth-order valence-corrected chi connectivity index (χ4v) is 4.29. The number of rotatable bonds is 6. The fraction of sp³-hybridized carbons (Fsp3) is 0.360. The molecule has 6 heteroatoms. The van der Waals surface area contributed by atoms with Crippen LogP contribution < -0.4 is 15.0 Å². The van der Waals surface area contributed by atoms with Crippen molar-refractivity contribution in [2.45, 2.75) is 33.2 Å². The molecule has 0 aliphatic carbocycles. The minimum absolute atomic E-state index is 0.0386. The number of ether oxygens (including phenoxy) is 1. The van der Waals surface area contributed by atoms with Crippen LogP contribution in [-0.4, -0.2) is 35.7 Å². The number of methoxy groups -OCH3 is 1. The number of aromatic nitrogens is 2. The van der Waals surface area contributed by atoms with Crippen LogP contribution >= 0.6 is 0 Å². The largest absolute Gasteiger partial charge is 0.497 e. The van der Waals surface area contributed by atoms with Gasteiger partial charge in [-0.05, 0) is 68.7 Å². The molecule has 0 atom stereocenters. The van der Waals surface area contributed by atoms with Crippen LogP contribution in [0.2, 0.25) is 0 Å². The molecule has 1 fully saturated rings. The summed E-state index contributed by atoms with van der Waals surface area (Å²) >= 11 is 0. The lowest BCUT2D eigenvalue weighted by Gasteiger charge is -2.33. The van der Waals surface area contributed by atoms with E-state index < -0.39 is 0 Å². The first-order chi connectivity index (χ1) is 15.1. The Bertz CT molecular complexity index is 1010. The molecule has 31 heavy (non-hydrogen) atoms. The Balaban J connectivity index is 1.37. The van der Waals surface area contributed by atoms with Gasteiger partial charge in [0.1, 0.15) is 5.75 Å². The number of nitrogens with zero attached hydrogens (tertiary/aromatic N) is 3. The molecule has 0 radical (unpaired) electrons. The SMILES string of the molecule is COc1ccc(CNC(=O)C2CCN(c3ncccc3-n3c(C)ccc3C)CC2)cc1. The van der Waals surface area contributed by atoms with Crippen LogP contribution in [-0.2, 0) is 11.3 Å². The summed E-state index contributed by atoms with van der Waals surface area (Å²) in [6, 6.07) is 16.2. The van der Waals surface area contributed by atoms with Crippen molar-refractivity contribution in [1.82, 2.24) is 14.9 Å². The van der Waals surface area contributed by atoms with Gasteiger partial charge in [0.05, 0.1) is 12.8 Å². The van der Waals surface area contributed by atoms with E-state index in [2.05, 4.69) is 46.8 Å². The van der Waals surface area contributed by atoms with Gasteiger partial charge in [-0.2, -0.15) is 0 Å². The molecule has 3 aromatic rings. The van der Waals surface area contributed by atoms with Crippen LogP contribution in [0.4, 0.5) is 5.82 Å². The van der Waals surface area contributed by atoms with Crippen molar-refractivity contribution < 1.29 is 9.53 Å². The van der Waals surface area contributed by atoms with Gasteiger partial charge in [0.15, 0.2) is 5.82 Å². The van der Waals surface area contributed by atoms with Crippen molar-refractivity contribution >= 4 is 11.7 Å². The average molecular weight is 419 g/mol. The highest BCUT2D eigenvalue weighted by atomic mass is 16.5. The molecule has 2 aromatic heterocycles. The number of amides is 1. The molecule has 0 saturated carbocycles. The standard InChI is InChI=1S/C25H30N4O2/c1-18-6-7-19(2)29(18)23-5-4-14-26-24(23)28-15-12-21(13-16-28)25(30)27-17-20-8-10-22(31-3)11-9-20/h4-11,14,21H,12-13,15-17H2,1-3H3,(H,27,30). The number of anilines is 1. The Morgan fingerprint density at radius 3 is 2.39 bits per heavy atom. The lowest BCUT2D eigenvalue weighted by atomic mass is 9.95. The Morgan fingerprint density at radius 1 is 1.06 bits per heavy atom. The molecule has 6 nitrogen and oxygen atoms in total. The smallest absolute Gasteiger partial charge is 0.223 e. The minimum Gasteiger partial charge on any atom is -0.497 e. The summed E-state index contributed by atoms with van der Waals surface area (Å²) in [5.74, 6) is 1.98. The Morgan fingerprint density at radius 2 is 1.74 bits per heavy atom. The fourth-order valence-electron chi connectivity index (χ4n) is 4.29. The van der Waals surface area contributed by atoms with Gasteiger partial charge in [0, 0.05) is 43.1 Å². The Hall–Kier alpha value is -3.28. The lowest BCUT2D eigenvalue weighted by Crippen LogP contribution is -2.41. The molecule has 1 aliphatic rings. The second-order valence-electron chi connectivity index (χ2n) is 8.12. The predicted octanol–water partition coefficient (Wildman–Crippen LogP) is 4.03. The maximum absolute atomic E-state index is 12.7. The highest BCUT2D eigenvalue weighted by molar-refractivity contribution is 5.79. The van der Waals surface area contributed by atoms with Gasteiger partial charge in [-0.3, -0.25) is 4.79 Å². The van der Waals surface area contributed by atoms with E-state index >= 15 is 0 Å². The number of piperidine rings is 1. The number of nitrogens with one attached hydrogen (secondary N) is 1. The predicted molar refractivity (Wildman–Crippen MR) is 123 cm³/mol. The van der Waals surface area contributed by atoms with Crippen LogP contribution in [0.3, 0.4) is 0 Å². The molecule has 0 bridgehead atoms. The third kappa shape index (κ3) is 4.58. The van der Waals surface area contributed by atoms with Crippen LogP contribution in [0.15, 0.2) is 54.7 Å². The quantitative estimate of drug-likeness (QED) is 0.657. The lowest BCUT2D eigenvalue weighted by molar-refractivity contribution is -0.125. The van der Waals surface area contributed by atoms with Gasteiger partial charge in [-0.15, -0.1) is 0 Å². The second-order valence-corrected chi connectivity index (χ2v) is 8.12. The van der Waals surface area contributed by atoms with Crippen molar-refractivity contribution in [3.05, 3.63) is 71.7 Å². The normalized spacial score (nSPS) is 14.5. The van der Waals surface area contributed by atoms with Gasteiger partial charge >= 0.3 is 0 Å². The molecule has 0 unspecified atom stereocenters. The third-order valence-corrected chi connectivity index (χ3v) is 6.07. The zero-order chi connectivity index (χ0) is 21.8. The number of hydrogen-bond acceptors (Lipinski definition) is 4. The zero-order valence-corrected chi connectivity index (χ0v) is 18.5. The van der Waals surface area contributed by atoms with E-state index in [1.807, 2.05) is 36.5 Å². The molecule has 0 spiro atoms. The van der Waals surface area contributed by atoms with Gasteiger partial charge in [0.2, 0.25) is 5.91 Å². The van der Waals surface area contributed by atoms with Crippen LogP contribution in [0.1, 0.15) is 29.8 Å². The number of benzene rings is 1. The Kier molecular flexibility index (Phi) is 6.26. The monoisotopic (exact) mass is 418 g/mol. The van der Waals surface area contributed by atoms with Crippen molar-refractivity contribution in [3.8, 4) is 11.4 Å². The molecule has 4 rings (SSSR count). The van der Waals surface area contributed by atoms with Gasteiger partial charge in [-0.25, -0.2) is 4.98 Å². The van der Waals surface area contributed by atoms with Gasteiger partial charge in [0.25, 0.3) is 0 Å². The summed E-state index contributed by atoms with van der Waals surface area (Å²) in [7, 11) is 1.65. The topological polar surface area (TPSA) is 59.4 Å². The first-order valence-electron chi connectivity index (χ1n) is 10.8. The summed E-state index contributed by atoms with van der Waals surface area (Å²) in [6.45, 7) is 6.42. The summed E-state index contributed by atoms with van der Waals surface area (Å²) in [4.78, 5) is 19.7. The van der Waals surface area contributed by atoms with Crippen molar-refractivity contribution in [2.24, 2.45) is 5.92 Å². The molecule has 1 saturated heterocycles. The van der Waals surface area contributed by atoms with Crippen molar-refractivity contribution in [1.29, 1.82) is 0 Å². The van der Waals surface area contributed by atoms with E-state index in [9.17, 15) is 4.79 Å². The van der Waals surface area contributed by atoms with Gasteiger partial charge in [-0.1, -0.05) is 12.1 Å². The van der Waals surface area contributed by atoms with E-state index in [-0.39, 0.29) is 11.8 Å². The summed E-state index contributed by atoms with van der Waals surface area (Å²) < 4.78 is 7.43. The van der Waals surface area contributed by atoms with E-state index in [0.717, 1.165) is 48.7 Å². The summed E-state index contributed by atoms with van der Waals surface area (Å²) in [5.41, 5.74) is 4.56. The van der Waals surface area contributed by atoms with Crippen molar-refractivity contribution in [2.75, 3.05) is 25.1 Å². The van der Waals surface area contributed by atoms with Crippen LogP contribution in [0.5, 0.6) is 5.75 Å². The third-order valence-electron chi connectivity index (χ3n) is 6.07.